The van der Waals surface area contributed by atoms with Crippen LogP contribution in [-0.4, -0.2) is 52.4 Å². The summed E-state index contributed by atoms with van der Waals surface area (Å²) in [6.07, 6.45) is 0.742. The fraction of sp³-hybridized carbons (Fsp3) is 0.326. The lowest BCUT2D eigenvalue weighted by molar-refractivity contribution is -0.263. The van der Waals surface area contributed by atoms with Gasteiger partial charge in [0.25, 0.3) is 0 Å². The Bertz CT molecular complexity index is 2500. The third-order valence-electron chi connectivity index (χ3n) is 12.8. The van der Waals surface area contributed by atoms with E-state index in [1.54, 1.807) is 110 Å². The number of carbonyl (C=O) groups excluding carboxylic acids is 3. The Kier molecular flexibility index (Phi) is 11.5. The Morgan fingerprint density at radius 3 is 1.90 bits per heavy atom. The second kappa shape index (κ2) is 16.3. The van der Waals surface area contributed by atoms with Crippen LogP contribution in [0.3, 0.4) is 0 Å². The highest BCUT2D eigenvalue weighted by Crippen LogP contribution is 2.67. The van der Waals surface area contributed by atoms with Crippen LogP contribution in [0.1, 0.15) is 82.8 Å². The average molecular weight is 1010 g/mol. The van der Waals surface area contributed by atoms with Crippen molar-refractivity contribution in [2.45, 2.75) is 63.9 Å². The molecule has 0 amide bonds. The van der Waals surface area contributed by atoms with Crippen LogP contribution in [0.4, 0.5) is 0 Å². The summed E-state index contributed by atoms with van der Waals surface area (Å²) < 4.78 is 34.0. The SMILES string of the molecule is C[C@]12CC[C@H](OC(=O)c3ccc(Br)cc3)[C@@](C)(COC(=O)c3ccc(Br)cc3)C1C[C@H](OC(=O)c1ccc(Br)cc1)[C@@]1(C)Oc3cc(-c4cccnc4)oc(=O)c3[C@H](O)C21. The van der Waals surface area contributed by atoms with E-state index in [0.29, 0.717) is 35.1 Å². The lowest BCUT2D eigenvalue weighted by Gasteiger charge is -2.66. The van der Waals surface area contributed by atoms with Crippen LogP contribution in [0, 0.1) is 22.7 Å². The fourth-order valence-corrected chi connectivity index (χ4v) is 10.6. The number of ether oxygens (including phenoxy) is 4. The van der Waals surface area contributed by atoms with Gasteiger partial charge in [0.2, 0.25) is 0 Å². The predicted octanol–water partition coefficient (Wildman–Crippen LogP) is 9.92. The summed E-state index contributed by atoms with van der Waals surface area (Å²) in [4.78, 5) is 59.7. The fourth-order valence-electron chi connectivity index (χ4n) is 9.84. The molecule has 14 heteroatoms. The van der Waals surface area contributed by atoms with Gasteiger partial charge in [-0.05, 0) is 122 Å². The molecule has 11 nitrogen and oxygen atoms in total. The second-order valence-corrected chi connectivity index (χ2v) is 19.1. The van der Waals surface area contributed by atoms with E-state index in [9.17, 15) is 24.3 Å². The summed E-state index contributed by atoms with van der Waals surface area (Å²) in [5.74, 6) is -2.90. The van der Waals surface area contributed by atoms with Crippen LogP contribution in [0.25, 0.3) is 11.3 Å². The first-order chi connectivity index (χ1) is 28.6. The summed E-state index contributed by atoms with van der Waals surface area (Å²) in [5, 5.41) is 12.6. The highest BCUT2D eigenvalue weighted by molar-refractivity contribution is 9.11. The normalized spacial score (nSPS) is 27.9. The minimum Gasteiger partial charge on any atom is -0.482 e. The molecule has 5 aromatic rings. The maximum absolute atomic E-state index is 14.1. The smallest absolute Gasteiger partial charge is 0.345 e. The minimum absolute atomic E-state index is 0.0582. The van der Waals surface area contributed by atoms with Crippen LogP contribution in [0.15, 0.2) is 126 Å². The quantitative estimate of drug-likeness (QED) is 0.117. The molecule has 2 aliphatic carbocycles. The molecule has 0 spiro atoms. The van der Waals surface area contributed by atoms with E-state index in [1.807, 2.05) is 13.8 Å². The van der Waals surface area contributed by atoms with Crippen LogP contribution >= 0.6 is 47.8 Å². The Hall–Kier alpha value is -4.63. The molecule has 2 unspecified atom stereocenters. The van der Waals surface area contributed by atoms with E-state index in [4.69, 9.17) is 23.4 Å². The molecule has 2 saturated carbocycles. The zero-order valence-electron chi connectivity index (χ0n) is 32.7. The van der Waals surface area contributed by atoms with Gasteiger partial charge in [0.15, 0.2) is 0 Å². The van der Waals surface area contributed by atoms with Gasteiger partial charge in [-0.2, -0.15) is 0 Å². The highest BCUT2D eigenvalue weighted by atomic mass is 79.9. The Morgan fingerprint density at radius 1 is 0.800 bits per heavy atom. The Morgan fingerprint density at radius 2 is 1.35 bits per heavy atom. The van der Waals surface area contributed by atoms with E-state index < -0.39 is 70.1 Å². The van der Waals surface area contributed by atoms with E-state index in [2.05, 4.69) is 52.8 Å². The molecule has 60 heavy (non-hydrogen) atoms. The largest absolute Gasteiger partial charge is 0.482 e. The van der Waals surface area contributed by atoms with Crippen molar-refractivity contribution in [1.29, 1.82) is 0 Å². The molecule has 3 aliphatic rings. The van der Waals surface area contributed by atoms with E-state index >= 15 is 0 Å². The maximum atomic E-state index is 14.1. The van der Waals surface area contributed by atoms with Crippen molar-refractivity contribution >= 4 is 65.7 Å². The van der Waals surface area contributed by atoms with Gasteiger partial charge in [0.05, 0.1) is 22.8 Å². The second-order valence-electron chi connectivity index (χ2n) is 16.3. The molecule has 0 bridgehead atoms. The number of rotatable bonds is 8. The van der Waals surface area contributed by atoms with Gasteiger partial charge in [-0.3, -0.25) is 4.98 Å². The van der Waals surface area contributed by atoms with Crippen molar-refractivity contribution in [3.05, 3.63) is 149 Å². The molecular formula is C46H40Br3NO10. The van der Waals surface area contributed by atoms with Crippen LogP contribution < -0.4 is 10.4 Å². The number of fused-ring (bicyclic) bond motifs is 4. The molecule has 0 radical (unpaired) electrons. The third-order valence-corrected chi connectivity index (χ3v) is 14.4. The number of esters is 3. The van der Waals surface area contributed by atoms with Crippen LogP contribution in [-0.2, 0) is 14.2 Å². The molecule has 1 N–H and O–H groups in total. The molecule has 2 aromatic heterocycles. The average Bonchev–Trinajstić information content (AvgIpc) is 3.22. The third kappa shape index (κ3) is 7.65. The number of aliphatic hydroxyl groups is 1. The van der Waals surface area contributed by atoms with Crippen LogP contribution in [0.5, 0.6) is 5.75 Å². The molecule has 3 heterocycles. The molecule has 2 fully saturated rings. The van der Waals surface area contributed by atoms with Gasteiger partial charge in [0.1, 0.15) is 41.5 Å². The van der Waals surface area contributed by atoms with Crippen molar-refractivity contribution in [1.82, 2.24) is 4.98 Å². The number of hydrogen-bond acceptors (Lipinski definition) is 11. The zero-order valence-corrected chi connectivity index (χ0v) is 37.5. The maximum Gasteiger partial charge on any atom is 0.345 e. The lowest BCUT2D eigenvalue weighted by atomic mass is 9.42. The van der Waals surface area contributed by atoms with Crippen molar-refractivity contribution in [3.63, 3.8) is 0 Å². The van der Waals surface area contributed by atoms with Crippen molar-refractivity contribution in [2.24, 2.45) is 22.7 Å². The molecule has 8 rings (SSSR count). The topological polar surface area (TPSA) is 151 Å². The minimum atomic E-state index is -1.45. The summed E-state index contributed by atoms with van der Waals surface area (Å²) in [7, 11) is 0. The highest BCUT2D eigenvalue weighted by Gasteiger charge is 2.71. The number of carbonyl (C=O) groups is 3. The predicted molar refractivity (Wildman–Crippen MR) is 230 cm³/mol. The zero-order chi connectivity index (χ0) is 42.6. The number of aliphatic hydroxyl groups excluding tert-OH is 1. The Labute approximate surface area is 371 Å². The standard InChI is InChI=1S/C46H40Br3NO10/c1-44-19-18-35(58-41(53)26-8-14-30(48)15-9-26)45(2,24-56-40(52)25-6-12-29(47)13-7-25)34(44)22-36(59-42(54)27-10-16-31(49)17-11-27)46(3)39(44)38(51)37-33(60-46)21-32(57-43(37)55)28-5-4-20-50-23-28/h4-17,20-21,23,34-36,38-39,51H,18-19,22,24H2,1-3H3/t34?,35-,36-,38-,39?,44-,45-,46+/m0/s1. The summed E-state index contributed by atoms with van der Waals surface area (Å²) >= 11 is 10.3. The monoisotopic (exact) mass is 1000 g/mol. The first kappa shape index (κ1) is 42.1. The van der Waals surface area contributed by atoms with Gasteiger partial charge in [-0.25, -0.2) is 19.2 Å². The van der Waals surface area contributed by atoms with Crippen molar-refractivity contribution in [3.8, 4) is 17.1 Å². The van der Waals surface area contributed by atoms with Crippen LogP contribution in [0.2, 0.25) is 0 Å². The van der Waals surface area contributed by atoms with Gasteiger partial charge >= 0.3 is 23.5 Å². The molecule has 310 valence electrons. The molecule has 3 aromatic carbocycles. The molecule has 0 saturated heterocycles. The first-order valence-electron chi connectivity index (χ1n) is 19.4. The Balaban J connectivity index is 1.24. The van der Waals surface area contributed by atoms with Gasteiger partial charge < -0.3 is 28.5 Å². The van der Waals surface area contributed by atoms with E-state index in [0.717, 1.165) is 13.4 Å². The van der Waals surface area contributed by atoms with E-state index in [-0.39, 0.29) is 30.1 Å². The number of hydrogen-bond donors (Lipinski definition) is 1. The number of nitrogens with zero attached hydrogens (tertiary/aromatic N) is 1. The molecular weight excluding hydrogens is 966 g/mol. The summed E-state index contributed by atoms with van der Waals surface area (Å²) in [5.41, 5.74) is -2.77. The van der Waals surface area contributed by atoms with Gasteiger partial charge in [-0.15, -0.1) is 0 Å². The van der Waals surface area contributed by atoms with Gasteiger partial charge in [-0.1, -0.05) is 61.6 Å². The van der Waals surface area contributed by atoms with Crippen molar-refractivity contribution in [2.75, 3.05) is 6.61 Å². The molecule has 8 atom stereocenters. The number of benzene rings is 3. The van der Waals surface area contributed by atoms with Crippen molar-refractivity contribution < 1.29 is 42.9 Å². The van der Waals surface area contributed by atoms with E-state index in [1.165, 1.54) is 0 Å². The number of halogens is 3. The summed E-state index contributed by atoms with van der Waals surface area (Å²) in [6, 6.07) is 25.3. The first-order valence-corrected chi connectivity index (χ1v) is 21.8. The lowest BCUT2D eigenvalue weighted by Crippen LogP contribution is -2.71. The molecule has 1 aliphatic heterocycles. The van der Waals surface area contributed by atoms with Gasteiger partial charge in [0, 0.05) is 48.8 Å². The summed E-state index contributed by atoms with van der Waals surface area (Å²) in [6.45, 7) is 5.52. The number of aromatic nitrogens is 1. The number of pyridine rings is 1.